The van der Waals surface area contributed by atoms with Gasteiger partial charge in [0.15, 0.2) is 0 Å². The van der Waals surface area contributed by atoms with Gasteiger partial charge in [0.1, 0.15) is 0 Å². The molecule has 144 valence electrons. The van der Waals surface area contributed by atoms with Crippen LogP contribution < -0.4 is 34.6 Å². The van der Waals surface area contributed by atoms with E-state index < -0.39 is 11.9 Å². The first-order valence-electron chi connectivity index (χ1n) is 8.94. The summed E-state index contributed by atoms with van der Waals surface area (Å²) in [6, 6.07) is -0.111. The van der Waals surface area contributed by atoms with Gasteiger partial charge in [0.2, 0.25) is 5.91 Å². The van der Waals surface area contributed by atoms with Crippen molar-refractivity contribution < 1.29 is 38.4 Å². The molecule has 10 heteroatoms. The molecule has 0 spiro atoms. The fraction of sp³-hybridized carbons (Fsp3) is 0.647. The maximum atomic E-state index is 12.1. The molecule has 0 aromatic carbocycles. The average molecular weight is 371 g/mol. The van der Waals surface area contributed by atoms with E-state index in [1.165, 1.54) is 6.92 Å². The molecule has 1 atom stereocenters. The van der Waals surface area contributed by atoms with Crippen molar-refractivity contribution in [2.24, 2.45) is 11.8 Å². The Kier molecular flexibility index (Phi) is 9.97. The second kappa shape index (κ2) is 11.7. The molecule has 27 heavy (non-hydrogen) atoms. The number of aliphatic carboxylic acids is 1. The molecule has 0 bridgehead atoms. The summed E-state index contributed by atoms with van der Waals surface area (Å²) in [6.07, 6.45) is 7.31. The predicted molar refractivity (Wildman–Crippen MR) is 91.7 cm³/mol. The molecule has 1 aliphatic heterocycles. The molecule has 2 N–H and O–H groups in total. The van der Waals surface area contributed by atoms with Crippen LogP contribution in [-0.2, 0) is 16.1 Å². The van der Waals surface area contributed by atoms with Gasteiger partial charge in [-0.15, -0.1) is 0 Å². The number of nitrogens with one attached hydrogen (secondary N) is 2. The molecule has 2 rings (SSSR count). The Balaban J connectivity index is 0.00000364. The first-order valence-corrected chi connectivity index (χ1v) is 8.94. The number of aromatic nitrogens is 2. The summed E-state index contributed by atoms with van der Waals surface area (Å²) in [7, 11) is 0. The number of rotatable bonds is 8. The number of imidazole rings is 1. The summed E-state index contributed by atoms with van der Waals surface area (Å²) >= 11 is 0. The van der Waals surface area contributed by atoms with Crippen LogP contribution in [0.15, 0.2) is 18.7 Å². The van der Waals surface area contributed by atoms with Crippen LogP contribution in [0.4, 0.5) is 4.79 Å². The minimum Gasteiger partial charge on any atom is -0.550 e. The van der Waals surface area contributed by atoms with Crippen LogP contribution in [0, 0.1) is 11.8 Å². The van der Waals surface area contributed by atoms with Crippen LogP contribution in [0.3, 0.4) is 0 Å². The minimum absolute atomic E-state index is 0. The Morgan fingerprint density at radius 2 is 1.96 bits per heavy atom. The summed E-state index contributed by atoms with van der Waals surface area (Å²) in [6.45, 7) is 3.97. The number of hydrogen-bond acceptors (Lipinski definition) is 5. The third-order valence-corrected chi connectivity index (χ3v) is 4.57. The zero-order chi connectivity index (χ0) is 18.9. The molecule has 0 unspecified atom stereocenters. The number of hydrogen-bond donors (Lipinski definition) is 2. The van der Waals surface area contributed by atoms with Gasteiger partial charge in [0.05, 0.1) is 6.33 Å². The molecule has 1 saturated heterocycles. The smallest absolute Gasteiger partial charge is 0.550 e. The van der Waals surface area contributed by atoms with Gasteiger partial charge in [-0.05, 0) is 19.3 Å². The molecule has 1 aromatic rings. The first kappa shape index (κ1) is 23.1. The van der Waals surface area contributed by atoms with Gasteiger partial charge in [0, 0.05) is 62.9 Å². The standard InChI is InChI=1S/C17H27N5O4.Li/c1-13(16(24)25)11-20-15(23)14-3-8-22(9-4-14)17(26)19-5-2-7-21-10-6-18-12-21;/h6,10,12-14H,2-5,7-9,11H2,1H3,(H,19,26)(H,20,23)(H,24,25);/q;+1/p-1/t13-;/m0./s1. The Morgan fingerprint density at radius 1 is 1.26 bits per heavy atom. The predicted octanol–water partition coefficient (Wildman–Crippen LogP) is -3.80. The van der Waals surface area contributed by atoms with Crippen LogP contribution in [0.25, 0.3) is 0 Å². The summed E-state index contributed by atoms with van der Waals surface area (Å²) < 4.78 is 1.96. The van der Waals surface area contributed by atoms with Crippen molar-refractivity contribution in [1.29, 1.82) is 0 Å². The molecule has 1 aromatic heterocycles. The van der Waals surface area contributed by atoms with E-state index in [2.05, 4.69) is 15.6 Å². The average Bonchev–Trinajstić information content (AvgIpc) is 3.16. The Morgan fingerprint density at radius 3 is 2.56 bits per heavy atom. The van der Waals surface area contributed by atoms with E-state index in [-0.39, 0.29) is 43.3 Å². The van der Waals surface area contributed by atoms with Gasteiger partial charge in [0.25, 0.3) is 0 Å². The molecule has 0 aliphatic carbocycles. The zero-order valence-corrected chi connectivity index (χ0v) is 16.0. The van der Waals surface area contributed by atoms with E-state index in [0.29, 0.717) is 32.5 Å². The van der Waals surface area contributed by atoms with E-state index in [1.54, 1.807) is 17.4 Å². The van der Waals surface area contributed by atoms with Gasteiger partial charge in [-0.3, -0.25) is 4.79 Å². The van der Waals surface area contributed by atoms with Gasteiger partial charge in [-0.25, -0.2) is 9.78 Å². The van der Waals surface area contributed by atoms with E-state index in [0.717, 1.165) is 13.0 Å². The summed E-state index contributed by atoms with van der Waals surface area (Å²) in [4.78, 5) is 40.6. The summed E-state index contributed by atoms with van der Waals surface area (Å²) in [5.74, 6) is -2.23. The molecule has 9 nitrogen and oxygen atoms in total. The third kappa shape index (κ3) is 7.65. The number of carbonyl (C=O) groups excluding carboxylic acids is 3. The second-order valence-corrected chi connectivity index (χ2v) is 6.61. The van der Waals surface area contributed by atoms with Gasteiger partial charge >= 0.3 is 24.9 Å². The van der Waals surface area contributed by atoms with Gasteiger partial charge in [-0.2, -0.15) is 0 Å². The van der Waals surface area contributed by atoms with Crippen molar-refractivity contribution >= 4 is 17.9 Å². The number of carbonyl (C=O) groups is 3. The van der Waals surface area contributed by atoms with Crippen LogP contribution in [-0.4, -0.2) is 58.5 Å². The largest absolute Gasteiger partial charge is 1.00 e. The molecule has 1 fully saturated rings. The van der Waals surface area contributed by atoms with E-state index in [4.69, 9.17) is 0 Å². The van der Waals surface area contributed by atoms with Crippen LogP contribution in [0.5, 0.6) is 0 Å². The van der Waals surface area contributed by atoms with E-state index in [1.807, 2.05) is 10.8 Å². The molecule has 0 saturated carbocycles. The first-order chi connectivity index (χ1) is 12.5. The topological polar surface area (TPSA) is 119 Å². The maximum absolute atomic E-state index is 12.1. The molecule has 1 aliphatic rings. The second-order valence-electron chi connectivity index (χ2n) is 6.61. The summed E-state index contributed by atoms with van der Waals surface area (Å²) in [5, 5.41) is 16.2. The van der Waals surface area contributed by atoms with Crippen LogP contribution in [0.1, 0.15) is 26.2 Å². The van der Waals surface area contributed by atoms with Crippen molar-refractivity contribution in [3.8, 4) is 0 Å². The quantitative estimate of drug-likeness (QED) is 0.359. The maximum Gasteiger partial charge on any atom is 1.00 e. The molecule has 2 heterocycles. The van der Waals surface area contributed by atoms with E-state index >= 15 is 0 Å². The molecule has 3 amide bonds. The number of likely N-dealkylation sites (tertiary alicyclic amines) is 1. The monoisotopic (exact) mass is 371 g/mol. The van der Waals surface area contributed by atoms with Crippen molar-refractivity contribution in [1.82, 2.24) is 25.1 Å². The fourth-order valence-electron chi connectivity index (χ4n) is 2.81. The number of urea groups is 1. The Bertz CT molecular complexity index is 602. The van der Waals surface area contributed by atoms with E-state index in [9.17, 15) is 19.5 Å². The number of carboxylic acid groups (broad SMARTS) is 1. The van der Waals surface area contributed by atoms with Crippen LogP contribution in [0.2, 0.25) is 0 Å². The van der Waals surface area contributed by atoms with Crippen molar-refractivity contribution in [2.75, 3.05) is 26.2 Å². The Labute approximate surface area is 171 Å². The number of piperidine rings is 1. The van der Waals surface area contributed by atoms with Crippen molar-refractivity contribution in [2.45, 2.75) is 32.7 Å². The molecular weight excluding hydrogens is 345 g/mol. The Hall–Kier alpha value is -1.98. The van der Waals surface area contributed by atoms with Crippen LogP contribution >= 0.6 is 0 Å². The van der Waals surface area contributed by atoms with Crippen molar-refractivity contribution in [3.05, 3.63) is 18.7 Å². The molecule has 0 radical (unpaired) electrons. The van der Waals surface area contributed by atoms with Gasteiger partial charge in [-0.1, -0.05) is 6.92 Å². The van der Waals surface area contributed by atoms with Gasteiger partial charge < -0.3 is 30.0 Å². The SMILES string of the molecule is C[C@@H](CNC(=O)C1CCN(C(=O)NCCCn2ccnc2)CC1)C(=O)[O-].[Li+]. The number of aryl methyl sites for hydroxylation is 1. The third-order valence-electron chi connectivity index (χ3n) is 4.57. The number of carboxylic acids is 1. The normalized spacial score (nSPS) is 15.5. The van der Waals surface area contributed by atoms with Crippen molar-refractivity contribution in [3.63, 3.8) is 0 Å². The fourth-order valence-corrected chi connectivity index (χ4v) is 2.81. The number of nitrogens with zero attached hydrogens (tertiary/aromatic N) is 3. The number of amides is 3. The molecular formula is C17H26LiN5O4. The zero-order valence-electron chi connectivity index (χ0n) is 16.0. The minimum atomic E-state index is -1.18. The summed E-state index contributed by atoms with van der Waals surface area (Å²) in [5.41, 5.74) is 0.